The van der Waals surface area contributed by atoms with Crippen molar-refractivity contribution < 1.29 is 48.8 Å². The number of ether oxygens (including phenoxy) is 2. The number of nitrogens with zero attached hydrogens (tertiary/aromatic N) is 2. The van der Waals surface area contributed by atoms with Crippen molar-refractivity contribution in [1.29, 1.82) is 0 Å². The van der Waals surface area contributed by atoms with Crippen molar-refractivity contribution in [2.24, 2.45) is 11.8 Å². The van der Waals surface area contributed by atoms with E-state index < -0.39 is 47.2 Å². The molecule has 0 rings (SSSR count). The number of nitrogens with one attached hydrogen (secondary N) is 1. The van der Waals surface area contributed by atoms with Crippen LogP contribution in [0, 0.1) is 32.1 Å². The number of carbonyl (C=O) groups is 3. The van der Waals surface area contributed by atoms with Gasteiger partial charge >= 0.3 is 18.0 Å². The Labute approximate surface area is 183 Å². The number of carboxylic acid groups (broad SMARTS) is 1. The molecule has 32 heavy (non-hydrogen) atoms. The molecule has 0 heterocycles. The number of aliphatic carboxylic acids is 1. The first-order chi connectivity index (χ1) is 14.9. The van der Waals surface area contributed by atoms with Gasteiger partial charge in [-0.1, -0.05) is 13.8 Å². The molecule has 0 aliphatic rings. The second-order valence-corrected chi connectivity index (χ2v) is 7.30. The number of rotatable bonds is 17. The number of carboxylic acids is 1. The summed E-state index contributed by atoms with van der Waals surface area (Å²) in [4.78, 5) is 63.3. The van der Waals surface area contributed by atoms with Crippen molar-refractivity contribution in [3.8, 4) is 0 Å². The van der Waals surface area contributed by atoms with E-state index >= 15 is 0 Å². The molecule has 1 amide bonds. The van der Waals surface area contributed by atoms with E-state index in [1.807, 2.05) is 13.8 Å². The highest BCUT2D eigenvalue weighted by Gasteiger charge is 2.20. The van der Waals surface area contributed by atoms with Crippen molar-refractivity contribution in [2.75, 3.05) is 13.2 Å². The largest absolute Gasteiger partial charge is 0.481 e. The van der Waals surface area contributed by atoms with Crippen LogP contribution in [-0.2, 0) is 28.7 Å². The van der Waals surface area contributed by atoms with E-state index in [9.17, 15) is 34.6 Å². The number of amides is 1. The monoisotopic (exact) mass is 467 g/mol. The van der Waals surface area contributed by atoms with Gasteiger partial charge in [0, 0.05) is 26.3 Å². The molecule has 0 spiro atoms. The average molecular weight is 467 g/mol. The molecule has 0 aromatic carbocycles. The Kier molecular flexibility index (Phi) is 13.8. The van der Waals surface area contributed by atoms with Gasteiger partial charge < -0.3 is 29.6 Å². The lowest BCUT2D eigenvalue weighted by atomic mass is 9.94. The van der Waals surface area contributed by atoms with Crippen LogP contribution in [0.4, 0.5) is 4.79 Å². The molecule has 2 N–H and O–H groups in total. The van der Waals surface area contributed by atoms with Crippen molar-refractivity contribution >= 4 is 18.0 Å². The van der Waals surface area contributed by atoms with Crippen LogP contribution in [0.5, 0.6) is 0 Å². The van der Waals surface area contributed by atoms with Crippen molar-refractivity contribution in [3.63, 3.8) is 0 Å². The van der Waals surface area contributed by atoms with Gasteiger partial charge in [0.1, 0.15) is 12.7 Å². The van der Waals surface area contributed by atoms with Crippen LogP contribution < -0.4 is 5.32 Å². The van der Waals surface area contributed by atoms with Crippen LogP contribution in [0.25, 0.3) is 0 Å². The van der Waals surface area contributed by atoms with Gasteiger partial charge in [-0.25, -0.2) is 4.79 Å². The molecule has 15 heteroatoms. The number of hydrogen-bond acceptors (Lipinski definition) is 11. The van der Waals surface area contributed by atoms with Gasteiger partial charge in [-0.3, -0.25) is 9.59 Å². The Hall–Kier alpha value is -3.39. The first kappa shape index (κ1) is 28.6. The van der Waals surface area contributed by atoms with Gasteiger partial charge in [0.05, 0.1) is 0 Å². The molecule has 0 saturated heterocycles. The Morgan fingerprint density at radius 3 is 2.25 bits per heavy atom. The second kappa shape index (κ2) is 15.4. The first-order valence-corrected chi connectivity index (χ1v) is 9.83. The summed E-state index contributed by atoms with van der Waals surface area (Å²) in [6.07, 6.45) is -3.19. The zero-order valence-electron chi connectivity index (χ0n) is 18.1. The van der Waals surface area contributed by atoms with Crippen LogP contribution in [0.15, 0.2) is 0 Å². The molecule has 0 fully saturated rings. The van der Waals surface area contributed by atoms with Gasteiger partial charge in [-0.2, -0.15) is 0 Å². The SMILES string of the molecule is CC(C)CC(CNC(=O)OC(C)OC(=O)CCCC(CO[N+](=O)[O-])O[N+](=O)[O-])CC(=O)O. The lowest BCUT2D eigenvalue weighted by Gasteiger charge is -2.19. The number of hydrogen-bond donors (Lipinski definition) is 2. The fraction of sp³-hybridized carbons (Fsp3) is 0.824. The van der Waals surface area contributed by atoms with Crippen LogP contribution in [-0.4, -0.2) is 58.9 Å². The average Bonchev–Trinajstić information content (AvgIpc) is 2.62. The molecular weight excluding hydrogens is 438 g/mol. The van der Waals surface area contributed by atoms with E-state index in [1.165, 1.54) is 6.92 Å². The normalized spacial score (nSPS) is 13.4. The van der Waals surface area contributed by atoms with Crippen LogP contribution in [0.1, 0.15) is 52.9 Å². The summed E-state index contributed by atoms with van der Waals surface area (Å²) < 4.78 is 9.76. The van der Waals surface area contributed by atoms with E-state index in [-0.39, 0.29) is 44.1 Å². The van der Waals surface area contributed by atoms with Crippen molar-refractivity contribution in [2.45, 2.75) is 65.3 Å². The highest BCUT2D eigenvalue weighted by Crippen LogP contribution is 2.15. The minimum atomic E-state index is -1.24. The van der Waals surface area contributed by atoms with Gasteiger partial charge in [-0.05, 0) is 31.1 Å². The smallest absolute Gasteiger partial charge is 0.410 e. The van der Waals surface area contributed by atoms with Crippen molar-refractivity contribution in [1.82, 2.24) is 5.32 Å². The Balaban J connectivity index is 4.31. The molecule has 0 aliphatic carbocycles. The van der Waals surface area contributed by atoms with E-state index in [1.54, 1.807) is 0 Å². The minimum absolute atomic E-state index is 0.0312. The van der Waals surface area contributed by atoms with Crippen LogP contribution >= 0.6 is 0 Å². The van der Waals surface area contributed by atoms with Gasteiger partial charge in [0.25, 0.3) is 10.2 Å². The van der Waals surface area contributed by atoms with E-state index in [2.05, 4.69) is 15.0 Å². The summed E-state index contributed by atoms with van der Waals surface area (Å²) in [6.45, 7) is 4.55. The number of alkyl carbamates (subject to hydrolysis) is 1. The van der Waals surface area contributed by atoms with Crippen molar-refractivity contribution in [3.05, 3.63) is 20.2 Å². The third kappa shape index (κ3) is 16.4. The van der Waals surface area contributed by atoms with E-state index in [4.69, 9.17) is 14.6 Å². The van der Waals surface area contributed by atoms with Crippen LogP contribution in [0.3, 0.4) is 0 Å². The highest BCUT2D eigenvalue weighted by atomic mass is 17.0. The molecule has 3 unspecified atom stereocenters. The van der Waals surface area contributed by atoms with E-state index in [0.717, 1.165) is 0 Å². The predicted octanol–water partition coefficient (Wildman–Crippen LogP) is 1.69. The quantitative estimate of drug-likeness (QED) is 0.136. The maximum Gasteiger partial charge on any atom is 0.410 e. The molecule has 15 nitrogen and oxygen atoms in total. The fourth-order valence-corrected chi connectivity index (χ4v) is 2.75. The van der Waals surface area contributed by atoms with Gasteiger partial charge in [0.2, 0.25) is 6.29 Å². The summed E-state index contributed by atoms with van der Waals surface area (Å²) in [5.41, 5.74) is 0. The maximum atomic E-state index is 11.8. The molecule has 0 aromatic rings. The molecular formula is C17H29N3O12. The summed E-state index contributed by atoms with van der Waals surface area (Å²) in [6, 6.07) is 0. The third-order valence-corrected chi connectivity index (χ3v) is 3.88. The third-order valence-electron chi connectivity index (χ3n) is 3.88. The fourth-order valence-electron chi connectivity index (χ4n) is 2.75. The number of carbonyl (C=O) groups excluding carboxylic acids is 2. The summed E-state index contributed by atoms with van der Waals surface area (Å²) in [5, 5.41) is 29.7. The first-order valence-electron chi connectivity index (χ1n) is 9.83. The number of esters is 1. The zero-order chi connectivity index (χ0) is 24.7. The molecule has 0 aliphatic heterocycles. The van der Waals surface area contributed by atoms with Crippen LogP contribution in [0.2, 0.25) is 0 Å². The summed E-state index contributed by atoms with van der Waals surface area (Å²) >= 11 is 0. The lowest BCUT2D eigenvalue weighted by Crippen LogP contribution is -2.34. The topological polar surface area (TPSA) is 207 Å². The molecule has 0 bridgehead atoms. The molecule has 0 radical (unpaired) electrons. The predicted molar refractivity (Wildman–Crippen MR) is 104 cm³/mol. The summed E-state index contributed by atoms with van der Waals surface area (Å²) in [5.74, 6) is -1.81. The molecule has 3 atom stereocenters. The molecule has 184 valence electrons. The lowest BCUT2D eigenvalue weighted by molar-refractivity contribution is -0.790. The van der Waals surface area contributed by atoms with Gasteiger partial charge in [0.15, 0.2) is 0 Å². The standard InChI is InChI=1S/C17H29N3O12/c1-11(2)7-13(8-15(21)22)9-18-17(24)31-12(3)30-16(23)6-4-5-14(32-20(27)28)10-29-19(25)26/h11-14H,4-10H2,1-3H3,(H,18,24)(H,21,22). The Bertz CT molecular complexity index is 642. The maximum absolute atomic E-state index is 11.8. The zero-order valence-corrected chi connectivity index (χ0v) is 18.1. The Morgan fingerprint density at radius 1 is 1.06 bits per heavy atom. The Morgan fingerprint density at radius 2 is 1.72 bits per heavy atom. The van der Waals surface area contributed by atoms with Gasteiger partial charge in [-0.15, -0.1) is 20.2 Å². The minimum Gasteiger partial charge on any atom is -0.481 e. The molecule has 0 aromatic heterocycles. The van der Waals surface area contributed by atoms with E-state index in [0.29, 0.717) is 6.42 Å². The molecule has 0 saturated carbocycles. The second-order valence-electron chi connectivity index (χ2n) is 7.30. The highest BCUT2D eigenvalue weighted by molar-refractivity contribution is 5.70. The summed E-state index contributed by atoms with van der Waals surface area (Å²) in [7, 11) is 0.